The van der Waals surface area contributed by atoms with Gasteiger partial charge < -0.3 is 29.8 Å². The molecule has 0 saturated heterocycles. The number of aryl methyl sites for hydroxylation is 1. The summed E-state index contributed by atoms with van der Waals surface area (Å²) < 4.78 is 10.6. The first-order valence-corrected chi connectivity index (χ1v) is 15.7. The van der Waals surface area contributed by atoms with Gasteiger partial charge in [0.2, 0.25) is 5.91 Å². The van der Waals surface area contributed by atoms with Gasteiger partial charge in [-0.15, -0.1) is 20.2 Å². The zero-order valence-electron chi connectivity index (χ0n) is 27.4. The molecule has 3 N–H and O–H groups in total. The molecule has 46 heavy (non-hydrogen) atoms. The predicted octanol–water partition coefficient (Wildman–Crippen LogP) is 3.01. The van der Waals surface area contributed by atoms with Gasteiger partial charge in [0.1, 0.15) is 12.1 Å². The molecule has 262 valence electrons. The molecule has 0 spiro atoms. The van der Waals surface area contributed by atoms with Gasteiger partial charge in [0.05, 0.1) is 32.5 Å². The van der Waals surface area contributed by atoms with Crippen molar-refractivity contribution in [3.63, 3.8) is 0 Å². The summed E-state index contributed by atoms with van der Waals surface area (Å²) in [7, 11) is 0. The molecule has 1 amide bonds. The van der Waals surface area contributed by atoms with Gasteiger partial charge in [-0.2, -0.15) is 0 Å². The van der Waals surface area contributed by atoms with Crippen LogP contribution in [0.15, 0.2) is 30.3 Å². The molecule has 0 aliphatic carbocycles. The Morgan fingerprint density at radius 3 is 2.07 bits per heavy atom. The largest absolute Gasteiger partial charge is 0.465 e. The molecule has 0 aromatic heterocycles. The number of nitrogens with two attached hydrogens (primary N) is 1. The summed E-state index contributed by atoms with van der Waals surface area (Å²) in [6.45, 7) is 7.73. The van der Waals surface area contributed by atoms with Gasteiger partial charge in [-0.1, -0.05) is 50.1 Å². The molecule has 3 atom stereocenters. The summed E-state index contributed by atoms with van der Waals surface area (Å²) in [5, 5.41) is 21.0. The maximum atomic E-state index is 13.9. The van der Waals surface area contributed by atoms with Crippen molar-refractivity contribution < 1.29 is 43.7 Å². The number of rotatable bonds is 24. The number of ether oxygens (including phenoxy) is 2. The molecule has 0 aliphatic heterocycles. The fourth-order valence-corrected chi connectivity index (χ4v) is 4.32. The average Bonchev–Trinajstić information content (AvgIpc) is 3.02. The second-order valence-electron chi connectivity index (χ2n) is 10.1. The van der Waals surface area contributed by atoms with Crippen molar-refractivity contribution in [2.24, 2.45) is 5.73 Å². The lowest BCUT2D eigenvalue weighted by atomic mass is 10.0. The zero-order chi connectivity index (χ0) is 34.7. The standard InChI is InChI=1S/C28H46N4O8.C2H5NO3/c1-4-19-31(22(3)27(34)39-20-12-21-40-32(36)37)26(33)24(15-10-7-11-18-29)30-25(28(35)38-5-2)17-16-23-13-8-6-9-14-23;1-2-6-3(4)5/h6,8-9,13-14,22,24-25,30H,4-5,7,10-12,15-21,29H2,1-3H3;2H2,1H3. The molecule has 16 heteroatoms. The highest BCUT2D eigenvalue weighted by atomic mass is 17.0. The predicted molar refractivity (Wildman–Crippen MR) is 168 cm³/mol. The van der Waals surface area contributed by atoms with Crippen molar-refractivity contribution in [1.82, 2.24) is 10.2 Å². The molecular formula is C30H51N5O11. The van der Waals surface area contributed by atoms with Crippen molar-refractivity contribution >= 4 is 17.8 Å². The number of hydrogen-bond donors (Lipinski definition) is 2. The first-order valence-electron chi connectivity index (χ1n) is 15.7. The Labute approximate surface area is 270 Å². The van der Waals surface area contributed by atoms with Gasteiger partial charge in [-0.25, -0.2) is 4.79 Å². The van der Waals surface area contributed by atoms with Crippen molar-refractivity contribution in [1.29, 1.82) is 0 Å². The summed E-state index contributed by atoms with van der Waals surface area (Å²) in [4.78, 5) is 68.4. The van der Waals surface area contributed by atoms with Crippen LogP contribution in [0.1, 0.15) is 78.2 Å². The number of carbonyl (C=O) groups excluding carboxylic acids is 3. The van der Waals surface area contributed by atoms with E-state index in [0.717, 1.165) is 18.4 Å². The smallest absolute Gasteiger partial charge is 0.328 e. The molecule has 0 aliphatic rings. The van der Waals surface area contributed by atoms with Gasteiger partial charge >= 0.3 is 11.9 Å². The van der Waals surface area contributed by atoms with Gasteiger partial charge in [0.25, 0.3) is 10.2 Å². The molecule has 3 unspecified atom stereocenters. The van der Waals surface area contributed by atoms with E-state index in [1.165, 1.54) is 4.90 Å². The quantitative estimate of drug-likeness (QED) is 0.0708. The highest BCUT2D eigenvalue weighted by molar-refractivity contribution is 5.88. The van der Waals surface area contributed by atoms with E-state index in [2.05, 4.69) is 15.0 Å². The fraction of sp³-hybridized carbons (Fsp3) is 0.700. The molecular weight excluding hydrogens is 606 g/mol. The Hall–Kier alpha value is -4.05. The van der Waals surface area contributed by atoms with Crippen molar-refractivity contribution in [2.75, 3.05) is 39.5 Å². The van der Waals surface area contributed by atoms with Crippen LogP contribution >= 0.6 is 0 Å². The average molecular weight is 658 g/mol. The van der Waals surface area contributed by atoms with Crippen LogP contribution in [0.5, 0.6) is 0 Å². The van der Waals surface area contributed by atoms with Crippen LogP contribution in [0, 0.1) is 20.2 Å². The second-order valence-corrected chi connectivity index (χ2v) is 10.1. The minimum atomic E-state index is -0.907. The minimum Gasteiger partial charge on any atom is -0.465 e. The van der Waals surface area contributed by atoms with Crippen molar-refractivity contribution in [3.8, 4) is 0 Å². The summed E-state index contributed by atoms with van der Waals surface area (Å²) in [5.74, 6) is -1.34. The van der Waals surface area contributed by atoms with Crippen LogP contribution in [-0.2, 0) is 40.0 Å². The number of nitrogens with zero attached hydrogens (tertiary/aromatic N) is 3. The Bertz CT molecular complexity index is 1020. The monoisotopic (exact) mass is 657 g/mol. The van der Waals surface area contributed by atoms with Crippen LogP contribution in [-0.4, -0.2) is 90.6 Å². The van der Waals surface area contributed by atoms with E-state index in [-0.39, 0.29) is 38.8 Å². The second kappa shape index (κ2) is 26.2. The normalized spacial score (nSPS) is 12.4. The molecule has 0 saturated carbocycles. The van der Waals surface area contributed by atoms with E-state index >= 15 is 0 Å². The molecule has 0 fully saturated rings. The topological polar surface area (TPSA) is 216 Å². The summed E-state index contributed by atoms with van der Waals surface area (Å²) in [6, 6.07) is 7.44. The third-order valence-corrected chi connectivity index (χ3v) is 6.55. The first kappa shape index (κ1) is 42.0. The number of benzene rings is 1. The van der Waals surface area contributed by atoms with E-state index in [0.29, 0.717) is 45.2 Å². The van der Waals surface area contributed by atoms with E-state index < -0.39 is 40.2 Å². The summed E-state index contributed by atoms with van der Waals surface area (Å²) >= 11 is 0. The molecule has 1 aromatic carbocycles. The maximum absolute atomic E-state index is 13.9. The Morgan fingerprint density at radius 1 is 0.848 bits per heavy atom. The van der Waals surface area contributed by atoms with E-state index in [1.807, 2.05) is 37.3 Å². The molecule has 0 radical (unpaired) electrons. The van der Waals surface area contributed by atoms with E-state index in [1.54, 1.807) is 20.8 Å². The maximum Gasteiger partial charge on any atom is 0.328 e. The molecule has 16 nitrogen and oxygen atoms in total. The van der Waals surface area contributed by atoms with Crippen LogP contribution in [0.3, 0.4) is 0 Å². The summed E-state index contributed by atoms with van der Waals surface area (Å²) in [5.41, 5.74) is 6.71. The molecule has 1 rings (SSSR count). The van der Waals surface area contributed by atoms with Crippen LogP contribution in [0.2, 0.25) is 0 Å². The molecule has 0 heterocycles. The van der Waals surface area contributed by atoms with Crippen LogP contribution in [0.4, 0.5) is 0 Å². The lowest BCUT2D eigenvalue weighted by Gasteiger charge is -2.33. The van der Waals surface area contributed by atoms with Gasteiger partial charge in [0.15, 0.2) is 0 Å². The minimum absolute atomic E-state index is 0.0731. The Balaban J connectivity index is 0.00000306. The van der Waals surface area contributed by atoms with Crippen molar-refractivity contribution in [2.45, 2.75) is 97.2 Å². The SMILES string of the molecule is CCCN(C(=O)C(CCCCCN)NC(CCc1ccccc1)C(=O)OCC)C(C)C(=O)OCCCO[N+](=O)[O-].CCO[N+](=O)[O-]. The van der Waals surface area contributed by atoms with Gasteiger partial charge in [0, 0.05) is 13.0 Å². The number of hydrogen-bond acceptors (Lipinski definition) is 13. The lowest BCUT2D eigenvalue weighted by Crippen LogP contribution is -2.56. The van der Waals surface area contributed by atoms with Crippen LogP contribution in [0.25, 0.3) is 0 Å². The molecule has 0 bridgehead atoms. The first-order chi connectivity index (χ1) is 22.0. The Morgan fingerprint density at radius 2 is 1.52 bits per heavy atom. The number of nitrogens with one attached hydrogen (secondary N) is 1. The molecule has 1 aromatic rings. The number of esters is 2. The third-order valence-electron chi connectivity index (χ3n) is 6.55. The number of carbonyl (C=O) groups is 3. The highest BCUT2D eigenvalue weighted by Crippen LogP contribution is 2.15. The number of unbranched alkanes of at least 4 members (excludes halogenated alkanes) is 2. The third kappa shape index (κ3) is 19.4. The summed E-state index contributed by atoms with van der Waals surface area (Å²) in [6.07, 6.45) is 4.63. The Kier molecular flexibility index (Phi) is 23.9. The fourth-order valence-electron chi connectivity index (χ4n) is 4.32. The van der Waals surface area contributed by atoms with E-state index in [9.17, 15) is 34.6 Å². The lowest BCUT2D eigenvalue weighted by molar-refractivity contribution is -0.757. The van der Waals surface area contributed by atoms with Crippen LogP contribution < -0.4 is 11.1 Å². The van der Waals surface area contributed by atoms with Crippen molar-refractivity contribution in [3.05, 3.63) is 56.1 Å². The van der Waals surface area contributed by atoms with E-state index in [4.69, 9.17) is 15.2 Å². The highest BCUT2D eigenvalue weighted by Gasteiger charge is 2.34. The number of amides is 1. The zero-order valence-corrected chi connectivity index (χ0v) is 27.4. The van der Waals surface area contributed by atoms with Gasteiger partial charge in [-0.05, 0) is 65.0 Å². The van der Waals surface area contributed by atoms with Gasteiger partial charge in [-0.3, -0.25) is 14.9 Å².